The first kappa shape index (κ1) is 19.0. The zero-order chi connectivity index (χ0) is 19.4. The van der Waals surface area contributed by atoms with Crippen LogP contribution in [0.4, 0.5) is 0 Å². The molecule has 0 aliphatic heterocycles. The maximum atomic E-state index is 12.0. The monoisotopic (exact) mass is 380 g/mol. The molecular formula is C21H20N2O3S. The Morgan fingerprint density at radius 3 is 2.11 bits per heavy atom. The highest BCUT2D eigenvalue weighted by molar-refractivity contribution is 7.79. The molecule has 0 heterocycles. The summed E-state index contributed by atoms with van der Waals surface area (Å²) in [6.07, 6.45) is 0.379. The number of carbonyl (C=O) groups excluding carboxylic acids is 1. The van der Waals surface area contributed by atoms with Crippen LogP contribution in [-0.2, 0) is 23.0 Å². The molecule has 0 aromatic heterocycles. The van der Waals surface area contributed by atoms with Crippen LogP contribution in [0.15, 0.2) is 83.8 Å². The van der Waals surface area contributed by atoms with Gasteiger partial charge in [0.2, 0.25) is 5.91 Å². The first-order chi connectivity index (χ1) is 12.9. The van der Waals surface area contributed by atoms with Crippen LogP contribution in [0.2, 0.25) is 0 Å². The van der Waals surface area contributed by atoms with Crippen LogP contribution >= 0.6 is 0 Å². The van der Waals surface area contributed by atoms with E-state index < -0.39 is 22.5 Å². The summed E-state index contributed by atoms with van der Waals surface area (Å²) in [5, 5.41) is 0. The number of nitrogens with two attached hydrogens (primary N) is 2. The van der Waals surface area contributed by atoms with Crippen LogP contribution in [0.5, 0.6) is 0 Å². The number of rotatable bonds is 6. The molecule has 0 saturated heterocycles. The smallest absolute Gasteiger partial charge is 0.248 e. The summed E-state index contributed by atoms with van der Waals surface area (Å²) < 4.78 is 21.8. The lowest BCUT2D eigenvalue weighted by molar-refractivity contribution is 0.1000. The van der Waals surface area contributed by atoms with E-state index in [1.54, 1.807) is 0 Å². The normalized spacial score (nSPS) is 14.3. The minimum Gasteiger partial charge on any atom is -0.366 e. The van der Waals surface area contributed by atoms with Crippen molar-refractivity contribution in [1.29, 1.82) is 0 Å². The van der Waals surface area contributed by atoms with Crippen molar-refractivity contribution in [2.24, 2.45) is 11.5 Å². The van der Waals surface area contributed by atoms with Gasteiger partial charge in [-0.05, 0) is 41.3 Å². The molecule has 5 nitrogen and oxygen atoms in total. The molecule has 138 valence electrons. The van der Waals surface area contributed by atoms with Crippen molar-refractivity contribution in [3.63, 3.8) is 0 Å². The predicted octanol–water partition coefficient (Wildman–Crippen LogP) is 2.81. The van der Waals surface area contributed by atoms with Crippen LogP contribution in [0, 0.1) is 0 Å². The maximum absolute atomic E-state index is 12.0. The van der Waals surface area contributed by atoms with E-state index in [2.05, 4.69) is 0 Å². The topological polar surface area (TPSA) is 106 Å². The fraction of sp³-hybridized carbons (Fsp3) is 0.0952. The SMILES string of the molecule is NC(=O)c1ccc(S(=O)O)c(C(N)(Cc2ccccc2)c2ccccc2)c1. The van der Waals surface area contributed by atoms with E-state index in [9.17, 15) is 13.6 Å². The molecule has 3 aromatic carbocycles. The van der Waals surface area contributed by atoms with Crippen molar-refractivity contribution in [3.8, 4) is 0 Å². The van der Waals surface area contributed by atoms with Crippen LogP contribution in [-0.4, -0.2) is 14.7 Å². The van der Waals surface area contributed by atoms with Gasteiger partial charge in [0.15, 0.2) is 11.1 Å². The molecule has 0 fully saturated rings. The van der Waals surface area contributed by atoms with E-state index in [1.165, 1.54) is 18.2 Å². The Balaban J connectivity index is 2.26. The van der Waals surface area contributed by atoms with Gasteiger partial charge in [0.05, 0.1) is 10.4 Å². The first-order valence-electron chi connectivity index (χ1n) is 8.35. The molecule has 2 unspecified atom stereocenters. The fourth-order valence-electron chi connectivity index (χ4n) is 3.19. The van der Waals surface area contributed by atoms with Crippen LogP contribution < -0.4 is 11.5 Å². The highest BCUT2D eigenvalue weighted by atomic mass is 32.2. The molecule has 0 radical (unpaired) electrons. The molecule has 0 saturated carbocycles. The van der Waals surface area contributed by atoms with Gasteiger partial charge < -0.3 is 16.0 Å². The summed E-state index contributed by atoms with van der Waals surface area (Å²) in [7, 11) is 0. The van der Waals surface area contributed by atoms with Crippen molar-refractivity contribution < 1.29 is 13.6 Å². The number of amides is 1. The summed E-state index contributed by atoms with van der Waals surface area (Å²) in [6.45, 7) is 0. The number of hydrogen-bond acceptors (Lipinski definition) is 3. The van der Waals surface area contributed by atoms with Gasteiger partial charge in [0.1, 0.15) is 0 Å². The van der Waals surface area contributed by atoms with E-state index >= 15 is 0 Å². The Kier molecular flexibility index (Phi) is 5.51. The minimum absolute atomic E-state index is 0.155. The van der Waals surface area contributed by atoms with Gasteiger partial charge in [-0.2, -0.15) is 0 Å². The molecule has 2 atom stereocenters. The summed E-state index contributed by atoms with van der Waals surface area (Å²) in [5.74, 6) is -0.623. The lowest BCUT2D eigenvalue weighted by Gasteiger charge is -2.32. The summed E-state index contributed by atoms with van der Waals surface area (Å²) >= 11 is -2.27. The number of hydrogen-bond donors (Lipinski definition) is 3. The highest BCUT2D eigenvalue weighted by Crippen LogP contribution is 2.35. The number of benzene rings is 3. The Bertz CT molecular complexity index is 977. The minimum atomic E-state index is -2.27. The second kappa shape index (κ2) is 7.84. The Labute approximate surface area is 160 Å². The van der Waals surface area contributed by atoms with Crippen molar-refractivity contribution in [3.05, 3.63) is 101 Å². The predicted molar refractivity (Wildman–Crippen MR) is 106 cm³/mol. The molecule has 27 heavy (non-hydrogen) atoms. The van der Waals surface area contributed by atoms with Gasteiger partial charge in [0, 0.05) is 5.56 Å². The Morgan fingerprint density at radius 2 is 1.56 bits per heavy atom. The largest absolute Gasteiger partial charge is 0.366 e. The van der Waals surface area contributed by atoms with E-state index in [0.29, 0.717) is 12.0 Å². The molecule has 5 N–H and O–H groups in total. The van der Waals surface area contributed by atoms with Gasteiger partial charge >= 0.3 is 0 Å². The maximum Gasteiger partial charge on any atom is 0.248 e. The Hall–Kier alpha value is -2.80. The van der Waals surface area contributed by atoms with Gasteiger partial charge in [-0.3, -0.25) is 4.79 Å². The summed E-state index contributed by atoms with van der Waals surface area (Å²) in [6, 6.07) is 23.3. The molecule has 0 aliphatic carbocycles. The van der Waals surface area contributed by atoms with Gasteiger partial charge in [0.25, 0.3) is 0 Å². The zero-order valence-electron chi connectivity index (χ0n) is 14.5. The average molecular weight is 380 g/mol. The van der Waals surface area contributed by atoms with E-state index in [1.807, 2.05) is 60.7 Å². The second-order valence-corrected chi connectivity index (χ2v) is 7.26. The zero-order valence-corrected chi connectivity index (χ0v) is 15.4. The van der Waals surface area contributed by atoms with Gasteiger partial charge in [-0.1, -0.05) is 60.7 Å². The fourth-order valence-corrected chi connectivity index (χ4v) is 3.80. The number of primary amides is 1. The second-order valence-electron chi connectivity index (χ2n) is 6.32. The quantitative estimate of drug-likeness (QED) is 0.572. The van der Waals surface area contributed by atoms with E-state index in [-0.39, 0.29) is 10.5 Å². The third-order valence-electron chi connectivity index (χ3n) is 4.55. The number of carbonyl (C=O) groups is 1. The molecule has 0 aliphatic rings. The third-order valence-corrected chi connectivity index (χ3v) is 5.28. The average Bonchev–Trinajstić information content (AvgIpc) is 2.68. The molecular weight excluding hydrogens is 360 g/mol. The molecule has 3 aromatic rings. The van der Waals surface area contributed by atoms with Crippen molar-refractivity contribution in [1.82, 2.24) is 0 Å². The summed E-state index contributed by atoms with van der Waals surface area (Å²) in [4.78, 5) is 11.9. The Morgan fingerprint density at radius 1 is 0.963 bits per heavy atom. The van der Waals surface area contributed by atoms with Crippen molar-refractivity contribution in [2.75, 3.05) is 0 Å². The molecule has 6 heteroatoms. The van der Waals surface area contributed by atoms with Crippen LogP contribution in [0.25, 0.3) is 0 Å². The molecule has 0 bridgehead atoms. The highest BCUT2D eigenvalue weighted by Gasteiger charge is 2.34. The first-order valence-corrected chi connectivity index (χ1v) is 9.46. The van der Waals surface area contributed by atoms with Gasteiger partial charge in [-0.25, -0.2) is 4.21 Å². The van der Waals surface area contributed by atoms with Crippen molar-refractivity contribution >= 4 is 17.0 Å². The molecule has 3 rings (SSSR count). The summed E-state index contributed by atoms with van der Waals surface area (Å²) in [5.41, 5.74) is 13.5. The van der Waals surface area contributed by atoms with E-state index in [0.717, 1.165) is 11.1 Å². The van der Waals surface area contributed by atoms with Crippen molar-refractivity contribution in [2.45, 2.75) is 16.9 Å². The third kappa shape index (κ3) is 3.98. The molecule has 1 amide bonds. The lowest BCUT2D eigenvalue weighted by atomic mass is 9.78. The van der Waals surface area contributed by atoms with E-state index in [4.69, 9.17) is 11.5 Å². The van der Waals surface area contributed by atoms with Crippen LogP contribution in [0.1, 0.15) is 27.0 Å². The molecule has 0 spiro atoms. The van der Waals surface area contributed by atoms with Crippen LogP contribution in [0.3, 0.4) is 0 Å². The lowest BCUT2D eigenvalue weighted by Crippen LogP contribution is -2.41. The van der Waals surface area contributed by atoms with Gasteiger partial charge in [-0.15, -0.1) is 0 Å². The standard InChI is InChI=1S/C21H20N2O3S/c22-20(24)16-11-12-19(27(25)26)18(13-16)21(23,17-9-5-2-6-10-17)14-15-7-3-1-4-8-15/h1-13H,14,23H2,(H2,22,24)(H,25,26).